The standard InChI is InChI=1S/C15H19N3/c1-11-9-12(2)18(17-11)15-7-3-13(4-8-15)10-16-14-5-6-14/h3-4,7-9,14,16H,5-6,10H2,1-2H3. The zero-order chi connectivity index (χ0) is 12.5. The van der Waals surface area contributed by atoms with E-state index in [0.29, 0.717) is 0 Å². The van der Waals surface area contributed by atoms with E-state index in [2.05, 4.69) is 47.7 Å². The van der Waals surface area contributed by atoms with Gasteiger partial charge in [-0.15, -0.1) is 0 Å². The summed E-state index contributed by atoms with van der Waals surface area (Å²) in [6, 6.07) is 11.5. The number of hydrogen-bond acceptors (Lipinski definition) is 2. The van der Waals surface area contributed by atoms with Crippen LogP contribution in [0, 0.1) is 13.8 Å². The minimum atomic E-state index is 0.765. The van der Waals surface area contributed by atoms with Crippen molar-refractivity contribution in [1.29, 1.82) is 0 Å². The largest absolute Gasteiger partial charge is 0.310 e. The van der Waals surface area contributed by atoms with Gasteiger partial charge in [-0.1, -0.05) is 12.1 Å². The Bertz CT molecular complexity index is 535. The number of aromatic nitrogens is 2. The van der Waals surface area contributed by atoms with Gasteiger partial charge in [-0.25, -0.2) is 4.68 Å². The minimum absolute atomic E-state index is 0.765. The molecule has 0 bridgehead atoms. The number of nitrogens with one attached hydrogen (secondary N) is 1. The van der Waals surface area contributed by atoms with E-state index in [4.69, 9.17) is 0 Å². The van der Waals surface area contributed by atoms with Crippen LogP contribution < -0.4 is 5.32 Å². The quantitative estimate of drug-likeness (QED) is 0.892. The van der Waals surface area contributed by atoms with Crippen molar-refractivity contribution in [2.75, 3.05) is 0 Å². The molecule has 0 aliphatic heterocycles. The number of aryl methyl sites for hydroxylation is 2. The summed E-state index contributed by atoms with van der Waals surface area (Å²) < 4.78 is 1.99. The van der Waals surface area contributed by atoms with E-state index in [9.17, 15) is 0 Å². The number of hydrogen-bond donors (Lipinski definition) is 1. The lowest BCUT2D eigenvalue weighted by Crippen LogP contribution is -2.15. The Morgan fingerprint density at radius 3 is 2.50 bits per heavy atom. The Morgan fingerprint density at radius 2 is 1.94 bits per heavy atom. The maximum absolute atomic E-state index is 4.50. The third-order valence-electron chi connectivity index (χ3n) is 3.36. The van der Waals surface area contributed by atoms with Crippen LogP contribution >= 0.6 is 0 Å². The third-order valence-corrected chi connectivity index (χ3v) is 3.36. The Morgan fingerprint density at radius 1 is 1.22 bits per heavy atom. The highest BCUT2D eigenvalue weighted by Crippen LogP contribution is 2.19. The fourth-order valence-electron chi connectivity index (χ4n) is 2.19. The van der Waals surface area contributed by atoms with Crippen molar-refractivity contribution in [2.45, 2.75) is 39.3 Å². The molecule has 1 saturated carbocycles. The Balaban J connectivity index is 1.75. The third kappa shape index (κ3) is 2.46. The summed E-state index contributed by atoms with van der Waals surface area (Å²) in [5.41, 5.74) is 4.71. The van der Waals surface area contributed by atoms with Crippen molar-refractivity contribution in [3.05, 3.63) is 47.3 Å². The molecule has 3 rings (SSSR count). The molecular formula is C15H19N3. The zero-order valence-corrected chi connectivity index (χ0v) is 11.0. The SMILES string of the molecule is Cc1cc(C)n(-c2ccc(CNC3CC3)cc2)n1. The predicted molar refractivity (Wildman–Crippen MR) is 72.9 cm³/mol. The van der Waals surface area contributed by atoms with Crippen LogP contribution in [0.3, 0.4) is 0 Å². The van der Waals surface area contributed by atoms with Crippen LogP contribution in [0.2, 0.25) is 0 Å². The minimum Gasteiger partial charge on any atom is -0.310 e. The highest BCUT2D eigenvalue weighted by molar-refractivity contribution is 5.36. The van der Waals surface area contributed by atoms with E-state index < -0.39 is 0 Å². The summed E-state index contributed by atoms with van der Waals surface area (Å²) in [5, 5.41) is 8.02. The second kappa shape index (κ2) is 4.58. The molecule has 0 atom stereocenters. The fraction of sp³-hybridized carbons (Fsp3) is 0.400. The van der Waals surface area contributed by atoms with Gasteiger partial charge in [0.15, 0.2) is 0 Å². The van der Waals surface area contributed by atoms with Crippen LogP contribution in [0.15, 0.2) is 30.3 Å². The van der Waals surface area contributed by atoms with Crippen LogP contribution in [0.4, 0.5) is 0 Å². The Labute approximate surface area is 108 Å². The lowest BCUT2D eigenvalue weighted by atomic mass is 10.2. The van der Waals surface area contributed by atoms with E-state index in [1.165, 1.54) is 24.1 Å². The molecule has 1 aliphatic rings. The highest BCUT2D eigenvalue weighted by Gasteiger charge is 2.19. The van der Waals surface area contributed by atoms with Crippen molar-refractivity contribution in [1.82, 2.24) is 15.1 Å². The summed E-state index contributed by atoms with van der Waals surface area (Å²) in [6.45, 7) is 5.09. The van der Waals surface area contributed by atoms with Gasteiger partial charge in [0.2, 0.25) is 0 Å². The Hall–Kier alpha value is -1.61. The second-order valence-corrected chi connectivity index (χ2v) is 5.16. The van der Waals surface area contributed by atoms with Crippen LogP contribution in [0.1, 0.15) is 29.8 Å². The molecule has 0 unspecified atom stereocenters. The zero-order valence-electron chi connectivity index (χ0n) is 11.0. The van der Waals surface area contributed by atoms with Crippen LogP contribution in [-0.2, 0) is 6.54 Å². The summed E-state index contributed by atoms with van der Waals surface area (Å²) in [5.74, 6) is 0. The molecule has 94 valence electrons. The van der Waals surface area contributed by atoms with Crippen molar-refractivity contribution in [3.8, 4) is 5.69 Å². The molecule has 3 heteroatoms. The monoisotopic (exact) mass is 241 g/mol. The average molecular weight is 241 g/mol. The molecule has 1 fully saturated rings. The van der Waals surface area contributed by atoms with Crippen molar-refractivity contribution < 1.29 is 0 Å². The summed E-state index contributed by atoms with van der Waals surface area (Å²) >= 11 is 0. The topological polar surface area (TPSA) is 29.9 Å². The highest BCUT2D eigenvalue weighted by atomic mass is 15.3. The second-order valence-electron chi connectivity index (χ2n) is 5.16. The fourth-order valence-corrected chi connectivity index (χ4v) is 2.19. The lowest BCUT2D eigenvalue weighted by molar-refractivity contribution is 0.687. The molecule has 0 amide bonds. The number of benzene rings is 1. The molecular weight excluding hydrogens is 222 g/mol. The van der Waals surface area contributed by atoms with Gasteiger partial charge in [-0.3, -0.25) is 0 Å². The molecule has 0 spiro atoms. The van der Waals surface area contributed by atoms with Gasteiger partial charge in [0.1, 0.15) is 0 Å². The molecule has 1 heterocycles. The first-order chi connectivity index (χ1) is 8.72. The lowest BCUT2D eigenvalue weighted by Gasteiger charge is -2.07. The van der Waals surface area contributed by atoms with Crippen LogP contribution in [0.25, 0.3) is 5.69 Å². The molecule has 18 heavy (non-hydrogen) atoms. The molecule has 2 aromatic rings. The molecule has 0 saturated heterocycles. The predicted octanol–water partition coefficient (Wildman–Crippen LogP) is 2.74. The smallest absolute Gasteiger partial charge is 0.0648 e. The summed E-state index contributed by atoms with van der Waals surface area (Å²) in [6.07, 6.45) is 2.67. The van der Waals surface area contributed by atoms with E-state index in [1.807, 2.05) is 11.6 Å². The summed E-state index contributed by atoms with van der Waals surface area (Å²) in [4.78, 5) is 0. The molecule has 1 aromatic heterocycles. The van der Waals surface area contributed by atoms with E-state index >= 15 is 0 Å². The number of rotatable bonds is 4. The van der Waals surface area contributed by atoms with Crippen molar-refractivity contribution >= 4 is 0 Å². The van der Waals surface area contributed by atoms with E-state index in [1.54, 1.807) is 0 Å². The maximum atomic E-state index is 4.50. The first-order valence-electron chi connectivity index (χ1n) is 6.58. The van der Waals surface area contributed by atoms with Gasteiger partial charge < -0.3 is 5.32 Å². The molecule has 0 radical (unpaired) electrons. The van der Waals surface area contributed by atoms with E-state index in [0.717, 1.165) is 24.0 Å². The molecule has 1 aromatic carbocycles. The van der Waals surface area contributed by atoms with Gasteiger partial charge in [0.05, 0.1) is 11.4 Å². The van der Waals surface area contributed by atoms with Gasteiger partial charge in [-0.2, -0.15) is 5.10 Å². The molecule has 1 aliphatic carbocycles. The normalized spacial score (nSPS) is 15.0. The van der Waals surface area contributed by atoms with Crippen LogP contribution in [-0.4, -0.2) is 15.8 Å². The van der Waals surface area contributed by atoms with Gasteiger partial charge in [-0.05, 0) is 50.5 Å². The first-order valence-corrected chi connectivity index (χ1v) is 6.58. The van der Waals surface area contributed by atoms with Crippen molar-refractivity contribution in [2.24, 2.45) is 0 Å². The van der Waals surface area contributed by atoms with Crippen molar-refractivity contribution in [3.63, 3.8) is 0 Å². The maximum Gasteiger partial charge on any atom is 0.0648 e. The number of nitrogens with zero attached hydrogens (tertiary/aromatic N) is 2. The molecule has 1 N–H and O–H groups in total. The Kier molecular flexibility index (Phi) is 2.92. The van der Waals surface area contributed by atoms with Gasteiger partial charge >= 0.3 is 0 Å². The van der Waals surface area contributed by atoms with Crippen LogP contribution in [0.5, 0.6) is 0 Å². The summed E-state index contributed by atoms with van der Waals surface area (Å²) in [7, 11) is 0. The molecule has 3 nitrogen and oxygen atoms in total. The van der Waals surface area contributed by atoms with Gasteiger partial charge in [0, 0.05) is 18.3 Å². The average Bonchev–Trinajstić information content (AvgIpc) is 3.13. The van der Waals surface area contributed by atoms with E-state index in [-0.39, 0.29) is 0 Å². The van der Waals surface area contributed by atoms with Gasteiger partial charge in [0.25, 0.3) is 0 Å². The first kappa shape index (κ1) is 11.5.